The molecule has 2 unspecified atom stereocenters. The number of halogens is 2. The molecule has 2 atom stereocenters. The summed E-state index contributed by atoms with van der Waals surface area (Å²) in [5.41, 5.74) is 1.31. The van der Waals surface area contributed by atoms with Crippen molar-refractivity contribution in [3.8, 4) is 11.5 Å². The molecule has 4 rings (SSSR count). The predicted molar refractivity (Wildman–Crippen MR) is 140 cm³/mol. The molecule has 1 aliphatic rings. The molecular formula is C28H29ClFN3O5. The number of hydrogen-bond acceptors (Lipinski definition) is 6. The van der Waals surface area contributed by atoms with E-state index in [9.17, 15) is 19.1 Å². The number of amides is 1. The molecule has 200 valence electrons. The summed E-state index contributed by atoms with van der Waals surface area (Å²) in [6.07, 6.45) is 1.49. The zero-order chi connectivity index (χ0) is 27.2. The van der Waals surface area contributed by atoms with Crippen molar-refractivity contribution in [3.05, 3.63) is 88.5 Å². The number of aromatic carboxylic acids is 1. The maximum Gasteiger partial charge on any atom is 0.337 e. The molecule has 0 aliphatic carbocycles. The molecule has 38 heavy (non-hydrogen) atoms. The third kappa shape index (κ3) is 6.79. The quantitative estimate of drug-likeness (QED) is 0.421. The summed E-state index contributed by atoms with van der Waals surface area (Å²) < 4.78 is 24.9. The van der Waals surface area contributed by atoms with E-state index >= 15 is 0 Å². The van der Waals surface area contributed by atoms with Crippen molar-refractivity contribution in [1.29, 1.82) is 0 Å². The van der Waals surface area contributed by atoms with Crippen LogP contribution in [-0.4, -0.2) is 63.5 Å². The van der Waals surface area contributed by atoms with Crippen LogP contribution in [0, 0.1) is 5.82 Å². The van der Waals surface area contributed by atoms with Gasteiger partial charge in [0.25, 0.3) is 5.91 Å². The van der Waals surface area contributed by atoms with Crippen LogP contribution in [-0.2, 0) is 17.9 Å². The van der Waals surface area contributed by atoms with E-state index in [0.717, 1.165) is 5.56 Å². The van der Waals surface area contributed by atoms with Crippen molar-refractivity contribution in [2.45, 2.75) is 39.1 Å². The summed E-state index contributed by atoms with van der Waals surface area (Å²) in [6, 6.07) is 14.3. The van der Waals surface area contributed by atoms with Gasteiger partial charge in [-0.25, -0.2) is 9.18 Å². The van der Waals surface area contributed by atoms with Gasteiger partial charge < -0.3 is 19.5 Å². The fraction of sp³-hybridized carbons (Fsp3) is 0.321. The Balaban J connectivity index is 1.36. The number of hydrogen-bond donors (Lipinski definition) is 1. The van der Waals surface area contributed by atoms with Crippen LogP contribution in [0.1, 0.15) is 35.5 Å². The highest BCUT2D eigenvalue weighted by molar-refractivity contribution is 6.30. The number of carboxylic acids is 1. The number of carbonyl (C=O) groups excluding carboxylic acids is 1. The topological polar surface area (TPSA) is 92.2 Å². The summed E-state index contributed by atoms with van der Waals surface area (Å²) in [4.78, 5) is 32.7. The van der Waals surface area contributed by atoms with Gasteiger partial charge in [-0.15, -0.1) is 0 Å². The van der Waals surface area contributed by atoms with Crippen molar-refractivity contribution in [3.63, 3.8) is 0 Å². The van der Waals surface area contributed by atoms with Crippen molar-refractivity contribution >= 4 is 23.5 Å². The smallest absolute Gasteiger partial charge is 0.337 e. The van der Waals surface area contributed by atoms with Gasteiger partial charge in [-0.2, -0.15) is 0 Å². The molecule has 1 saturated heterocycles. The molecule has 1 aliphatic heterocycles. The predicted octanol–water partition coefficient (Wildman–Crippen LogP) is 4.65. The average molecular weight is 542 g/mol. The van der Waals surface area contributed by atoms with Crippen LogP contribution in [0.4, 0.5) is 4.39 Å². The second-order valence-electron chi connectivity index (χ2n) is 9.27. The van der Waals surface area contributed by atoms with Gasteiger partial charge in [0, 0.05) is 49.0 Å². The van der Waals surface area contributed by atoms with Gasteiger partial charge in [-0.1, -0.05) is 23.7 Å². The lowest BCUT2D eigenvalue weighted by atomic mass is 10.1. The number of ether oxygens (including phenoxy) is 2. The number of carbonyl (C=O) groups is 2. The van der Waals surface area contributed by atoms with E-state index in [1.807, 2.05) is 6.92 Å². The Morgan fingerprint density at radius 1 is 1.05 bits per heavy atom. The van der Waals surface area contributed by atoms with E-state index in [2.05, 4.69) is 16.8 Å². The Hall–Kier alpha value is -3.69. The third-order valence-corrected chi connectivity index (χ3v) is 6.71. The average Bonchev–Trinajstić information content (AvgIpc) is 2.90. The molecule has 1 amide bonds. The Morgan fingerprint density at radius 3 is 2.55 bits per heavy atom. The summed E-state index contributed by atoms with van der Waals surface area (Å²) in [7, 11) is 0. The molecule has 0 spiro atoms. The molecule has 0 bridgehead atoms. The highest BCUT2D eigenvalue weighted by Gasteiger charge is 2.32. The zero-order valence-corrected chi connectivity index (χ0v) is 21.9. The van der Waals surface area contributed by atoms with Gasteiger partial charge in [0.1, 0.15) is 12.4 Å². The highest BCUT2D eigenvalue weighted by atomic mass is 35.5. The number of aromatic nitrogens is 1. The lowest BCUT2D eigenvalue weighted by Gasteiger charge is -2.44. The molecule has 1 N–H and O–H groups in total. The van der Waals surface area contributed by atoms with Crippen molar-refractivity contribution in [2.24, 2.45) is 0 Å². The lowest BCUT2D eigenvalue weighted by molar-refractivity contribution is -0.139. The minimum Gasteiger partial charge on any atom is -0.483 e. The van der Waals surface area contributed by atoms with Crippen molar-refractivity contribution < 1.29 is 28.6 Å². The zero-order valence-electron chi connectivity index (χ0n) is 21.1. The largest absolute Gasteiger partial charge is 0.483 e. The first-order chi connectivity index (χ1) is 18.2. The number of rotatable bonds is 9. The van der Waals surface area contributed by atoms with Gasteiger partial charge in [0.05, 0.1) is 11.3 Å². The van der Waals surface area contributed by atoms with Crippen LogP contribution in [0.2, 0.25) is 5.02 Å². The minimum atomic E-state index is -1.11. The lowest BCUT2D eigenvalue weighted by Crippen LogP contribution is -2.58. The maximum absolute atomic E-state index is 13.2. The van der Waals surface area contributed by atoms with Crippen LogP contribution in [0.5, 0.6) is 11.5 Å². The fourth-order valence-electron chi connectivity index (χ4n) is 4.42. The Labute approximate surface area is 225 Å². The Morgan fingerprint density at radius 2 is 1.82 bits per heavy atom. The molecule has 8 nitrogen and oxygen atoms in total. The molecule has 1 aromatic heterocycles. The van der Waals surface area contributed by atoms with Gasteiger partial charge in [-0.3, -0.25) is 14.7 Å². The third-order valence-electron chi connectivity index (χ3n) is 6.48. The van der Waals surface area contributed by atoms with Crippen LogP contribution in [0.15, 0.2) is 60.8 Å². The van der Waals surface area contributed by atoms with E-state index < -0.39 is 5.97 Å². The minimum absolute atomic E-state index is 0.0360. The molecule has 0 saturated carbocycles. The summed E-state index contributed by atoms with van der Waals surface area (Å²) in [6.45, 7) is 5.63. The number of piperazine rings is 1. The monoisotopic (exact) mass is 541 g/mol. The van der Waals surface area contributed by atoms with Crippen LogP contribution >= 0.6 is 11.6 Å². The SMILES string of the molecule is CC1CN(C(=O)COc2ccc(Cl)cc2OCc2ncccc2C(=O)O)C(C)CN1Cc1ccc(F)cc1. The van der Waals surface area contributed by atoms with Gasteiger partial charge in [-0.05, 0) is 55.8 Å². The number of pyridine rings is 1. The molecule has 2 aromatic carbocycles. The molecule has 1 fully saturated rings. The standard InChI is InChI=1S/C28H29ClFN3O5/c1-18-14-33(19(2)13-32(18)15-20-5-8-22(30)9-6-20)27(34)17-38-25-10-7-21(29)12-26(25)37-16-24-23(28(35)36)4-3-11-31-24/h3-12,18-19H,13-17H2,1-2H3,(H,35,36). The van der Waals surface area contributed by atoms with Crippen molar-refractivity contribution in [1.82, 2.24) is 14.8 Å². The van der Waals surface area contributed by atoms with Gasteiger partial charge >= 0.3 is 5.97 Å². The summed E-state index contributed by atoms with van der Waals surface area (Å²) >= 11 is 6.14. The van der Waals surface area contributed by atoms with Crippen LogP contribution < -0.4 is 9.47 Å². The number of benzene rings is 2. The second-order valence-corrected chi connectivity index (χ2v) is 9.71. The van der Waals surface area contributed by atoms with E-state index in [0.29, 0.717) is 30.4 Å². The van der Waals surface area contributed by atoms with E-state index in [-0.39, 0.29) is 54.0 Å². The normalized spacial score (nSPS) is 17.7. The molecular weight excluding hydrogens is 513 g/mol. The Bertz CT molecular complexity index is 1290. The first-order valence-electron chi connectivity index (χ1n) is 12.2. The first kappa shape index (κ1) is 27.3. The number of carboxylic acid groups (broad SMARTS) is 1. The van der Waals surface area contributed by atoms with Gasteiger partial charge in [0.15, 0.2) is 18.1 Å². The Kier molecular flexibility index (Phi) is 8.81. The second kappa shape index (κ2) is 12.2. The van der Waals surface area contributed by atoms with E-state index in [1.54, 1.807) is 35.2 Å². The highest BCUT2D eigenvalue weighted by Crippen LogP contribution is 2.31. The van der Waals surface area contributed by atoms with Crippen molar-refractivity contribution in [2.75, 3.05) is 19.7 Å². The summed E-state index contributed by atoms with van der Waals surface area (Å²) in [5.74, 6) is -0.943. The molecule has 2 heterocycles. The molecule has 0 radical (unpaired) electrons. The van der Waals surface area contributed by atoms with Crippen LogP contribution in [0.25, 0.3) is 0 Å². The maximum atomic E-state index is 13.2. The van der Waals surface area contributed by atoms with Crippen LogP contribution in [0.3, 0.4) is 0 Å². The van der Waals surface area contributed by atoms with Gasteiger partial charge in [0.2, 0.25) is 0 Å². The van der Waals surface area contributed by atoms with E-state index in [1.165, 1.54) is 30.5 Å². The first-order valence-corrected chi connectivity index (χ1v) is 12.6. The molecule has 3 aromatic rings. The molecule has 10 heteroatoms. The number of nitrogens with zero attached hydrogens (tertiary/aromatic N) is 3. The van der Waals surface area contributed by atoms with E-state index in [4.69, 9.17) is 21.1 Å². The fourth-order valence-corrected chi connectivity index (χ4v) is 4.58. The summed E-state index contributed by atoms with van der Waals surface area (Å²) in [5, 5.41) is 9.77.